The average molecular weight is 315 g/mol. The maximum Gasteiger partial charge on any atom is 0.228 e. The highest BCUT2D eigenvalue weighted by Gasteiger charge is 2.31. The van der Waals surface area contributed by atoms with Crippen molar-refractivity contribution in [2.75, 3.05) is 11.4 Å². The fourth-order valence-electron chi connectivity index (χ4n) is 1.80. The summed E-state index contributed by atoms with van der Waals surface area (Å²) in [5.41, 5.74) is 0.823. The second-order valence-corrected chi connectivity index (χ2v) is 6.07. The Morgan fingerprint density at radius 1 is 1.65 bits per heavy atom. The summed E-state index contributed by atoms with van der Waals surface area (Å²) in [6.45, 7) is 2.11. The summed E-state index contributed by atoms with van der Waals surface area (Å²) in [6.07, 6.45) is 2.07. The van der Waals surface area contributed by atoms with E-state index in [0.29, 0.717) is 17.6 Å². The van der Waals surface area contributed by atoms with Gasteiger partial charge >= 0.3 is 0 Å². The van der Waals surface area contributed by atoms with E-state index in [-0.39, 0.29) is 16.3 Å². The third kappa shape index (κ3) is 3.07. The molecule has 1 atom stereocenters. The van der Waals surface area contributed by atoms with Crippen LogP contribution < -0.4 is 4.90 Å². The van der Waals surface area contributed by atoms with Crippen LogP contribution in [0.3, 0.4) is 0 Å². The number of amides is 1. The summed E-state index contributed by atoms with van der Waals surface area (Å²) < 4.78 is 0.700. The van der Waals surface area contributed by atoms with E-state index in [4.69, 9.17) is 0 Å². The van der Waals surface area contributed by atoms with Gasteiger partial charge in [-0.25, -0.2) is 4.98 Å². The van der Waals surface area contributed by atoms with Gasteiger partial charge in [0, 0.05) is 37.0 Å². The van der Waals surface area contributed by atoms with E-state index in [1.807, 2.05) is 0 Å². The number of carbonyl (C=O) groups is 2. The predicted molar refractivity (Wildman–Crippen MR) is 71.0 cm³/mol. The molecule has 6 heteroatoms. The van der Waals surface area contributed by atoms with E-state index in [0.717, 1.165) is 5.69 Å². The Hall–Kier alpha value is -0.880. The van der Waals surface area contributed by atoms with E-state index in [9.17, 15) is 9.59 Å². The van der Waals surface area contributed by atoms with E-state index in [2.05, 4.69) is 20.9 Å². The first-order valence-electron chi connectivity index (χ1n) is 5.15. The number of hydrogen-bond acceptors (Lipinski definition) is 4. The fourth-order valence-corrected chi connectivity index (χ4v) is 3.07. The molecule has 1 aliphatic rings. The van der Waals surface area contributed by atoms with Crippen molar-refractivity contribution in [3.63, 3.8) is 0 Å². The van der Waals surface area contributed by atoms with Crippen molar-refractivity contribution in [1.82, 2.24) is 4.98 Å². The molecule has 90 valence electrons. The van der Waals surface area contributed by atoms with Gasteiger partial charge in [-0.3, -0.25) is 9.59 Å². The van der Waals surface area contributed by atoms with E-state index in [1.165, 1.54) is 18.7 Å². The Balaban J connectivity index is 2.13. The first kappa shape index (κ1) is 12.6. The molecule has 1 aromatic rings. The first-order chi connectivity index (χ1) is 8.06. The van der Waals surface area contributed by atoms with Crippen LogP contribution in [0.1, 0.15) is 13.3 Å². The minimum absolute atomic E-state index is 0.0561. The van der Waals surface area contributed by atoms with Crippen molar-refractivity contribution in [3.8, 4) is 0 Å². The van der Waals surface area contributed by atoms with Gasteiger partial charge in [-0.05, 0) is 28.1 Å². The molecule has 17 heavy (non-hydrogen) atoms. The van der Waals surface area contributed by atoms with Crippen LogP contribution >= 0.6 is 27.7 Å². The molecule has 4 nitrogen and oxygen atoms in total. The standard InChI is InChI=1S/C11H11BrN2O2S/c1-7(15)17-9-5-11(16)14(6-9)8-2-3-13-10(12)4-8/h2-4,9H,5-6H2,1H3. The number of carbonyl (C=O) groups excluding carboxylic acids is 2. The fraction of sp³-hybridized carbons (Fsp3) is 0.364. The van der Waals surface area contributed by atoms with Crippen LogP contribution in [-0.2, 0) is 9.59 Å². The molecule has 1 fully saturated rings. The Kier molecular flexibility index (Phi) is 3.83. The summed E-state index contributed by atoms with van der Waals surface area (Å²) in [6, 6.07) is 3.60. The minimum atomic E-state index is 0.0561. The molecule has 0 bridgehead atoms. The molecular formula is C11H11BrN2O2S. The topological polar surface area (TPSA) is 50.3 Å². The van der Waals surface area contributed by atoms with Crippen LogP contribution in [0.2, 0.25) is 0 Å². The molecule has 1 aliphatic heterocycles. The van der Waals surface area contributed by atoms with Gasteiger partial charge in [0.2, 0.25) is 5.91 Å². The number of aromatic nitrogens is 1. The zero-order chi connectivity index (χ0) is 12.4. The minimum Gasteiger partial charge on any atom is -0.311 e. The molecule has 2 heterocycles. The zero-order valence-corrected chi connectivity index (χ0v) is 11.6. The maximum atomic E-state index is 11.8. The molecule has 0 N–H and O–H groups in total. The molecule has 1 aromatic heterocycles. The van der Waals surface area contributed by atoms with E-state index in [1.54, 1.807) is 23.2 Å². The molecule has 1 amide bonds. The third-order valence-corrected chi connectivity index (χ3v) is 3.86. The number of hydrogen-bond donors (Lipinski definition) is 0. The molecule has 0 radical (unpaired) electrons. The quantitative estimate of drug-likeness (QED) is 0.785. The van der Waals surface area contributed by atoms with Gasteiger partial charge in [0.05, 0.1) is 0 Å². The van der Waals surface area contributed by atoms with Gasteiger partial charge in [0.15, 0.2) is 5.12 Å². The molecule has 0 aliphatic carbocycles. The predicted octanol–water partition coefficient (Wildman–Crippen LogP) is 2.23. The molecular weight excluding hydrogens is 304 g/mol. The van der Waals surface area contributed by atoms with Crippen molar-refractivity contribution >= 4 is 44.4 Å². The van der Waals surface area contributed by atoms with Crippen molar-refractivity contribution in [2.45, 2.75) is 18.6 Å². The SMILES string of the molecule is CC(=O)SC1CC(=O)N(c2ccnc(Br)c2)C1. The van der Waals surface area contributed by atoms with Crippen molar-refractivity contribution in [2.24, 2.45) is 0 Å². The van der Waals surface area contributed by atoms with Gasteiger partial charge in [0.25, 0.3) is 0 Å². The number of pyridine rings is 1. The monoisotopic (exact) mass is 314 g/mol. The lowest BCUT2D eigenvalue weighted by atomic mass is 10.4. The van der Waals surface area contributed by atoms with Crippen LogP contribution in [0.4, 0.5) is 5.69 Å². The Morgan fingerprint density at radius 2 is 2.41 bits per heavy atom. The van der Waals surface area contributed by atoms with Gasteiger partial charge in [-0.15, -0.1) is 0 Å². The van der Waals surface area contributed by atoms with Gasteiger partial charge in [-0.1, -0.05) is 11.8 Å². The largest absolute Gasteiger partial charge is 0.311 e. The number of nitrogens with zero attached hydrogens (tertiary/aromatic N) is 2. The Labute approximate surface area is 112 Å². The summed E-state index contributed by atoms with van der Waals surface area (Å²) in [5.74, 6) is 0.0573. The summed E-state index contributed by atoms with van der Waals surface area (Å²) in [4.78, 5) is 28.6. The van der Waals surface area contributed by atoms with Crippen molar-refractivity contribution in [1.29, 1.82) is 0 Å². The van der Waals surface area contributed by atoms with Crippen molar-refractivity contribution in [3.05, 3.63) is 22.9 Å². The summed E-state index contributed by atoms with van der Waals surface area (Å²) >= 11 is 4.52. The second kappa shape index (κ2) is 5.18. The Morgan fingerprint density at radius 3 is 3.06 bits per heavy atom. The lowest BCUT2D eigenvalue weighted by Crippen LogP contribution is -2.24. The number of anilines is 1. The molecule has 0 saturated carbocycles. The van der Waals surface area contributed by atoms with E-state index >= 15 is 0 Å². The molecule has 2 rings (SSSR count). The van der Waals surface area contributed by atoms with Crippen LogP contribution in [0, 0.1) is 0 Å². The number of thioether (sulfide) groups is 1. The molecule has 0 aromatic carbocycles. The normalized spacial score (nSPS) is 19.8. The van der Waals surface area contributed by atoms with Crippen LogP contribution in [-0.4, -0.2) is 27.8 Å². The highest BCUT2D eigenvalue weighted by atomic mass is 79.9. The van der Waals surface area contributed by atoms with Crippen LogP contribution in [0.5, 0.6) is 0 Å². The highest BCUT2D eigenvalue weighted by molar-refractivity contribution is 9.10. The second-order valence-electron chi connectivity index (χ2n) is 3.78. The number of rotatable bonds is 2. The average Bonchev–Trinajstić information content (AvgIpc) is 2.58. The Bertz CT molecular complexity index is 467. The van der Waals surface area contributed by atoms with E-state index < -0.39 is 0 Å². The molecule has 1 unspecified atom stereocenters. The smallest absolute Gasteiger partial charge is 0.228 e. The maximum absolute atomic E-state index is 11.8. The number of halogens is 1. The van der Waals surface area contributed by atoms with Gasteiger partial charge in [-0.2, -0.15) is 0 Å². The van der Waals surface area contributed by atoms with Gasteiger partial charge < -0.3 is 4.90 Å². The summed E-state index contributed by atoms with van der Waals surface area (Å²) in [5, 5.41) is 0.118. The van der Waals surface area contributed by atoms with Crippen LogP contribution in [0.15, 0.2) is 22.9 Å². The zero-order valence-electron chi connectivity index (χ0n) is 9.22. The molecule has 1 saturated heterocycles. The molecule has 0 spiro atoms. The highest BCUT2D eigenvalue weighted by Crippen LogP contribution is 2.29. The lowest BCUT2D eigenvalue weighted by molar-refractivity contribution is -0.117. The van der Waals surface area contributed by atoms with Crippen LogP contribution in [0.25, 0.3) is 0 Å². The first-order valence-corrected chi connectivity index (χ1v) is 6.82. The van der Waals surface area contributed by atoms with Gasteiger partial charge in [0.1, 0.15) is 4.60 Å². The van der Waals surface area contributed by atoms with Crippen molar-refractivity contribution < 1.29 is 9.59 Å². The lowest BCUT2D eigenvalue weighted by Gasteiger charge is -2.16. The summed E-state index contributed by atoms with van der Waals surface area (Å²) in [7, 11) is 0. The third-order valence-electron chi connectivity index (χ3n) is 2.44.